The van der Waals surface area contributed by atoms with Crippen LogP contribution < -0.4 is 10.6 Å². The van der Waals surface area contributed by atoms with Crippen molar-refractivity contribution in [3.63, 3.8) is 0 Å². The van der Waals surface area contributed by atoms with Crippen molar-refractivity contribution >= 4 is 5.96 Å². The zero-order valence-corrected chi connectivity index (χ0v) is 13.9. The molecule has 5 nitrogen and oxygen atoms in total. The first-order valence-electron chi connectivity index (χ1n) is 8.10. The van der Waals surface area contributed by atoms with E-state index in [1.165, 1.54) is 6.07 Å². The number of hydrogen-bond donors (Lipinski definition) is 3. The van der Waals surface area contributed by atoms with Crippen LogP contribution in [0.15, 0.2) is 23.2 Å². The minimum absolute atomic E-state index is 0.204. The van der Waals surface area contributed by atoms with Crippen LogP contribution in [0, 0.1) is 12.7 Å². The van der Waals surface area contributed by atoms with Crippen LogP contribution in [0.3, 0.4) is 0 Å². The third-order valence-corrected chi connectivity index (χ3v) is 3.99. The Morgan fingerprint density at radius 2 is 2.09 bits per heavy atom. The molecule has 0 unspecified atom stereocenters. The van der Waals surface area contributed by atoms with E-state index in [0.717, 1.165) is 12.1 Å². The zero-order chi connectivity index (χ0) is 16.7. The van der Waals surface area contributed by atoms with Gasteiger partial charge in [0.2, 0.25) is 0 Å². The number of nitrogens with one attached hydrogen (secondary N) is 2. The second-order valence-electron chi connectivity index (χ2n) is 5.97. The molecule has 1 aromatic rings. The molecule has 0 aromatic heterocycles. The lowest BCUT2D eigenvalue weighted by atomic mass is 9.94. The van der Waals surface area contributed by atoms with E-state index in [-0.39, 0.29) is 5.82 Å². The average molecular weight is 323 g/mol. The first kappa shape index (κ1) is 17.7. The van der Waals surface area contributed by atoms with Crippen molar-refractivity contribution in [2.45, 2.75) is 38.8 Å². The van der Waals surface area contributed by atoms with Gasteiger partial charge in [-0.1, -0.05) is 12.1 Å². The molecular weight excluding hydrogens is 297 g/mol. The molecule has 1 aliphatic rings. The predicted molar refractivity (Wildman–Crippen MR) is 89.0 cm³/mol. The average Bonchev–Trinajstić information content (AvgIpc) is 2.54. The number of guanidine groups is 1. The van der Waals surface area contributed by atoms with Gasteiger partial charge >= 0.3 is 0 Å². The van der Waals surface area contributed by atoms with Gasteiger partial charge < -0.3 is 20.5 Å². The molecule has 0 saturated carbocycles. The van der Waals surface area contributed by atoms with E-state index in [4.69, 9.17) is 4.74 Å². The smallest absolute Gasteiger partial charge is 0.191 e. The molecule has 0 spiro atoms. The van der Waals surface area contributed by atoms with Crippen molar-refractivity contribution < 1.29 is 14.2 Å². The maximum Gasteiger partial charge on any atom is 0.191 e. The summed E-state index contributed by atoms with van der Waals surface area (Å²) in [7, 11) is 0. The van der Waals surface area contributed by atoms with E-state index >= 15 is 0 Å². The number of halogens is 1. The fourth-order valence-electron chi connectivity index (χ4n) is 2.49. The van der Waals surface area contributed by atoms with Gasteiger partial charge in [0.05, 0.1) is 12.1 Å². The number of hydrogen-bond acceptors (Lipinski definition) is 3. The summed E-state index contributed by atoms with van der Waals surface area (Å²) in [6, 6.07) is 5.00. The highest BCUT2D eigenvalue weighted by molar-refractivity contribution is 5.79. The number of ether oxygens (including phenoxy) is 1. The molecule has 0 amide bonds. The largest absolute Gasteiger partial charge is 0.388 e. The van der Waals surface area contributed by atoms with Crippen molar-refractivity contribution in [3.8, 4) is 0 Å². The third kappa shape index (κ3) is 5.48. The molecule has 0 bridgehead atoms. The van der Waals surface area contributed by atoms with Gasteiger partial charge in [-0.3, -0.25) is 0 Å². The van der Waals surface area contributed by atoms with Gasteiger partial charge in [0.15, 0.2) is 5.96 Å². The topological polar surface area (TPSA) is 65.9 Å². The van der Waals surface area contributed by atoms with Gasteiger partial charge in [-0.05, 0) is 31.0 Å². The molecule has 1 aliphatic heterocycles. The molecule has 2 rings (SSSR count). The summed E-state index contributed by atoms with van der Waals surface area (Å²) in [5, 5.41) is 16.8. The van der Waals surface area contributed by atoms with Crippen LogP contribution in [0.5, 0.6) is 0 Å². The highest BCUT2D eigenvalue weighted by Gasteiger charge is 2.29. The zero-order valence-electron chi connectivity index (χ0n) is 13.9. The predicted octanol–water partition coefficient (Wildman–Crippen LogP) is 1.73. The van der Waals surface area contributed by atoms with Crippen molar-refractivity contribution in [1.82, 2.24) is 10.6 Å². The number of aliphatic hydroxyl groups is 1. The first-order valence-corrected chi connectivity index (χ1v) is 8.10. The van der Waals surface area contributed by atoms with E-state index in [1.807, 2.05) is 6.92 Å². The van der Waals surface area contributed by atoms with Crippen molar-refractivity contribution in [1.29, 1.82) is 0 Å². The molecule has 1 heterocycles. The lowest BCUT2D eigenvalue weighted by Gasteiger charge is -2.32. The fraction of sp³-hybridized carbons (Fsp3) is 0.588. The summed E-state index contributed by atoms with van der Waals surface area (Å²) in [4.78, 5) is 4.50. The van der Waals surface area contributed by atoms with Crippen molar-refractivity contribution in [2.75, 3.05) is 26.3 Å². The monoisotopic (exact) mass is 323 g/mol. The number of aliphatic imine (C=N–C) groups is 1. The van der Waals surface area contributed by atoms with Gasteiger partial charge in [-0.25, -0.2) is 9.38 Å². The number of nitrogens with zero attached hydrogens (tertiary/aromatic N) is 1. The Kier molecular flexibility index (Phi) is 6.36. The van der Waals surface area contributed by atoms with Gasteiger partial charge in [0.25, 0.3) is 0 Å². The van der Waals surface area contributed by atoms with E-state index in [1.54, 1.807) is 19.1 Å². The highest BCUT2D eigenvalue weighted by Crippen LogP contribution is 2.19. The molecule has 0 aliphatic carbocycles. The molecule has 1 fully saturated rings. The first-order chi connectivity index (χ1) is 11.0. The lowest BCUT2D eigenvalue weighted by Crippen LogP contribution is -2.49. The van der Waals surface area contributed by atoms with Crippen LogP contribution in [0.1, 0.15) is 30.9 Å². The molecule has 128 valence electrons. The molecule has 0 atom stereocenters. The quantitative estimate of drug-likeness (QED) is 0.570. The van der Waals surface area contributed by atoms with Crippen molar-refractivity contribution in [2.24, 2.45) is 4.99 Å². The normalized spacial score (nSPS) is 17.8. The van der Waals surface area contributed by atoms with Crippen LogP contribution in [0.4, 0.5) is 4.39 Å². The van der Waals surface area contributed by atoms with Crippen LogP contribution in [0.2, 0.25) is 0 Å². The molecule has 23 heavy (non-hydrogen) atoms. The summed E-state index contributed by atoms with van der Waals surface area (Å²) >= 11 is 0. The van der Waals surface area contributed by atoms with E-state index in [0.29, 0.717) is 50.7 Å². The van der Waals surface area contributed by atoms with Gasteiger partial charge in [-0.15, -0.1) is 0 Å². The van der Waals surface area contributed by atoms with Gasteiger partial charge in [0.1, 0.15) is 5.82 Å². The summed E-state index contributed by atoms with van der Waals surface area (Å²) in [5.41, 5.74) is 0.819. The second-order valence-corrected chi connectivity index (χ2v) is 5.97. The SMILES string of the molecule is CCNC(=NCc1ccc(F)c(C)c1)NCC1(O)CCOCC1. The Balaban J connectivity index is 1.94. The third-order valence-electron chi connectivity index (χ3n) is 3.99. The molecule has 6 heteroatoms. The molecule has 1 saturated heterocycles. The van der Waals surface area contributed by atoms with Crippen LogP contribution in [0.25, 0.3) is 0 Å². The Labute approximate surface area is 137 Å². The summed E-state index contributed by atoms with van der Waals surface area (Å²) in [6.07, 6.45) is 1.24. The van der Waals surface area contributed by atoms with E-state index in [2.05, 4.69) is 15.6 Å². The molecule has 1 aromatic carbocycles. The van der Waals surface area contributed by atoms with Gasteiger partial charge in [0, 0.05) is 39.1 Å². The number of aryl methyl sites for hydroxylation is 1. The lowest BCUT2D eigenvalue weighted by molar-refractivity contribution is -0.0594. The summed E-state index contributed by atoms with van der Waals surface area (Å²) in [5.74, 6) is 0.443. The molecule has 0 radical (unpaired) electrons. The van der Waals surface area contributed by atoms with Gasteiger partial charge in [-0.2, -0.15) is 0 Å². The maximum absolute atomic E-state index is 13.3. The number of rotatable bonds is 5. The summed E-state index contributed by atoms with van der Waals surface area (Å²) in [6.45, 7) is 6.52. The Bertz CT molecular complexity index is 543. The summed E-state index contributed by atoms with van der Waals surface area (Å²) < 4.78 is 18.6. The maximum atomic E-state index is 13.3. The van der Waals surface area contributed by atoms with Crippen LogP contribution in [-0.4, -0.2) is 43.0 Å². The Morgan fingerprint density at radius 3 is 2.74 bits per heavy atom. The Morgan fingerprint density at radius 1 is 1.35 bits per heavy atom. The fourth-order valence-corrected chi connectivity index (χ4v) is 2.49. The van der Waals surface area contributed by atoms with Crippen LogP contribution in [-0.2, 0) is 11.3 Å². The Hall–Kier alpha value is -1.66. The molecule has 3 N–H and O–H groups in total. The highest BCUT2D eigenvalue weighted by atomic mass is 19.1. The van der Waals surface area contributed by atoms with E-state index < -0.39 is 5.60 Å². The number of benzene rings is 1. The van der Waals surface area contributed by atoms with Crippen LogP contribution >= 0.6 is 0 Å². The standard InChI is InChI=1S/C17H26FN3O2/c1-3-19-16(21-12-17(22)6-8-23-9-7-17)20-11-14-4-5-15(18)13(2)10-14/h4-5,10,22H,3,6-9,11-12H2,1-2H3,(H2,19,20,21). The minimum Gasteiger partial charge on any atom is -0.388 e. The van der Waals surface area contributed by atoms with Crippen molar-refractivity contribution in [3.05, 3.63) is 35.1 Å². The van der Waals surface area contributed by atoms with E-state index in [9.17, 15) is 9.50 Å². The minimum atomic E-state index is -0.749. The second kappa shape index (κ2) is 8.26. The molecular formula is C17H26FN3O2.